The molecule has 4 aromatic rings. The molecule has 1 N–H and O–H groups in total. The number of hydrogen-bond acceptors (Lipinski definition) is 7. The summed E-state index contributed by atoms with van der Waals surface area (Å²) in [6, 6.07) is 15.4. The summed E-state index contributed by atoms with van der Waals surface area (Å²) >= 11 is 7.35. The van der Waals surface area contributed by atoms with Crippen molar-refractivity contribution >= 4 is 40.6 Å². The first kappa shape index (κ1) is 23.4. The van der Waals surface area contributed by atoms with Gasteiger partial charge >= 0.3 is 0 Å². The Labute approximate surface area is 204 Å². The van der Waals surface area contributed by atoms with Gasteiger partial charge in [0.05, 0.1) is 26.6 Å². The summed E-state index contributed by atoms with van der Waals surface area (Å²) in [6.07, 6.45) is 3.36. The van der Waals surface area contributed by atoms with Gasteiger partial charge in [0.1, 0.15) is 0 Å². The van der Waals surface area contributed by atoms with E-state index in [9.17, 15) is 14.9 Å². The summed E-state index contributed by atoms with van der Waals surface area (Å²) in [6.45, 7) is 3.70. The Bertz CT molecular complexity index is 1360. The molecule has 2 aromatic carbocycles. The average Bonchev–Trinajstić information content (AvgIpc) is 3.24. The van der Waals surface area contributed by atoms with E-state index in [1.54, 1.807) is 19.3 Å². The standard InChI is InChI=1S/C23H19ClN6O3S/c1-14-5-3-4-6-20(14)29-21(16-9-11-25-12-10-16)27-28-23(29)34-15(2)22(31)26-19-13-17(30(32)33)7-8-18(19)24/h3-13,15H,1-2H3,(H,26,31)/t15-/m1/s1. The molecular formula is C23H19ClN6O3S. The minimum atomic E-state index is -0.604. The van der Waals surface area contributed by atoms with Gasteiger partial charge in [-0.2, -0.15) is 0 Å². The lowest BCUT2D eigenvalue weighted by atomic mass is 10.2. The molecule has 0 aliphatic rings. The number of para-hydroxylation sites is 1. The van der Waals surface area contributed by atoms with Crippen molar-refractivity contribution in [3.8, 4) is 17.1 Å². The number of amides is 1. The molecule has 0 saturated heterocycles. The third kappa shape index (κ3) is 4.92. The average molecular weight is 495 g/mol. The second kappa shape index (κ2) is 10.0. The first-order valence-corrected chi connectivity index (χ1v) is 11.4. The fourth-order valence-corrected chi connectivity index (χ4v) is 4.26. The number of thioether (sulfide) groups is 1. The van der Waals surface area contributed by atoms with Crippen LogP contribution in [0, 0.1) is 17.0 Å². The number of benzene rings is 2. The van der Waals surface area contributed by atoms with Crippen molar-refractivity contribution in [2.24, 2.45) is 0 Å². The molecule has 0 bridgehead atoms. The molecule has 0 fully saturated rings. The number of hydrogen-bond donors (Lipinski definition) is 1. The summed E-state index contributed by atoms with van der Waals surface area (Å²) in [7, 11) is 0. The number of anilines is 1. The first-order chi connectivity index (χ1) is 16.3. The summed E-state index contributed by atoms with van der Waals surface area (Å²) in [5.41, 5.74) is 2.74. The second-order valence-electron chi connectivity index (χ2n) is 7.33. The smallest absolute Gasteiger partial charge is 0.271 e. The van der Waals surface area contributed by atoms with Gasteiger partial charge in [-0.1, -0.05) is 41.6 Å². The van der Waals surface area contributed by atoms with E-state index in [0.29, 0.717) is 11.0 Å². The van der Waals surface area contributed by atoms with Crippen LogP contribution in [-0.2, 0) is 4.79 Å². The molecule has 0 aliphatic heterocycles. The molecule has 0 unspecified atom stereocenters. The van der Waals surface area contributed by atoms with E-state index < -0.39 is 10.2 Å². The summed E-state index contributed by atoms with van der Waals surface area (Å²) in [4.78, 5) is 27.5. The van der Waals surface area contributed by atoms with E-state index in [2.05, 4.69) is 20.5 Å². The van der Waals surface area contributed by atoms with Gasteiger partial charge < -0.3 is 5.32 Å². The fourth-order valence-electron chi connectivity index (χ4n) is 3.23. The second-order valence-corrected chi connectivity index (χ2v) is 9.05. The normalized spacial score (nSPS) is 11.7. The van der Waals surface area contributed by atoms with Crippen molar-refractivity contribution in [3.05, 3.63) is 87.7 Å². The van der Waals surface area contributed by atoms with Crippen LogP contribution in [0.2, 0.25) is 5.02 Å². The molecule has 34 heavy (non-hydrogen) atoms. The summed E-state index contributed by atoms with van der Waals surface area (Å²) in [5.74, 6) is 0.241. The molecule has 1 amide bonds. The molecule has 172 valence electrons. The van der Waals surface area contributed by atoms with Gasteiger partial charge in [-0.05, 0) is 43.7 Å². The zero-order chi connectivity index (χ0) is 24.2. The van der Waals surface area contributed by atoms with Crippen molar-refractivity contribution < 1.29 is 9.72 Å². The highest BCUT2D eigenvalue weighted by Crippen LogP contribution is 2.32. The van der Waals surface area contributed by atoms with Gasteiger partial charge in [0.25, 0.3) is 5.69 Å². The Morgan fingerprint density at radius 3 is 2.59 bits per heavy atom. The monoisotopic (exact) mass is 494 g/mol. The van der Waals surface area contributed by atoms with E-state index in [4.69, 9.17) is 11.6 Å². The van der Waals surface area contributed by atoms with E-state index in [1.807, 2.05) is 47.9 Å². The molecule has 2 heterocycles. The van der Waals surface area contributed by atoms with E-state index in [-0.39, 0.29) is 22.3 Å². The number of nitro benzene ring substituents is 1. The third-order valence-corrected chi connectivity index (χ3v) is 6.37. The van der Waals surface area contributed by atoms with Crippen molar-refractivity contribution in [3.63, 3.8) is 0 Å². The minimum Gasteiger partial charge on any atom is -0.324 e. The number of rotatable bonds is 7. The zero-order valence-corrected chi connectivity index (χ0v) is 19.7. The summed E-state index contributed by atoms with van der Waals surface area (Å²) < 4.78 is 1.90. The number of nitrogens with zero attached hydrogens (tertiary/aromatic N) is 5. The number of aryl methyl sites for hydroxylation is 1. The maximum Gasteiger partial charge on any atom is 0.271 e. The Kier molecular flexibility index (Phi) is 6.90. The van der Waals surface area contributed by atoms with Crippen LogP contribution < -0.4 is 5.32 Å². The van der Waals surface area contributed by atoms with Crippen LogP contribution in [-0.4, -0.2) is 35.8 Å². The Hall–Kier alpha value is -3.76. The highest BCUT2D eigenvalue weighted by atomic mass is 35.5. The van der Waals surface area contributed by atoms with Gasteiger partial charge in [0.2, 0.25) is 5.91 Å². The van der Waals surface area contributed by atoms with Crippen LogP contribution >= 0.6 is 23.4 Å². The summed E-state index contributed by atoms with van der Waals surface area (Å²) in [5, 5.41) is 22.6. The van der Waals surface area contributed by atoms with Crippen molar-refractivity contribution in [1.29, 1.82) is 0 Å². The van der Waals surface area contributed by atoms with Crippen LogP contribution in [0.5, 0.6) is 0 Å². The molecule has 4 rings (SSSR count). The molecule has 11 heteroatoms. The number of halogens is 1. The lowest BCUT2D eigenvalue weighted by Gasteiger charge is -2.15. The number of non-ortho nitro benzene ring substituents is 1. The van der Waals surface area contributed by atoms with Crippen LogP contribution in [0.3, 0.4) is 0 Å². The zero-order valence-electron chi connectivity index (χ0n) is 18.2. The predicted molar refractivity (Wildman–Crippen MR) is 131 cm³/mol. The van der Waals surface area contributed by atoms with Gasteiger partial charge in [-0.3, -0.25) is 24.5 Å². The topological polar surface area (TPSA) is 116 Å². The molecular weight excluding hydrogens is 476 g/mol. The van der Waals surface area contributed by atoms with Crippen LogP contribution in [0.4, 0.5) is 11.4 Å². The molecule has 0 spiro atoms. The number of pyridine rings is 1. The highest BCUT2D eigenvalue weighted by Gasteiger charge is 2.23. The van der Waals surface area contributed by atoms with Gasteiger partial charge in [-0.25, -0.2) is 0 Å². The van der Waals surface area contributed by atoms with Crippen LogP contribution in [0.25, 0.3) is 17.1 Å². The minimum absolute atomic E-state index is 0.165. The predicted octanol–water partition coefficient (Wildman–Crippen LogP) is 5.32. The lowest BCUT2D eigenvalue weighted by molar-refractivity contribution is -0.384. The maximum absolute atomic E-state index is 12.9. The van der Waals surface area contributed by atoms with E-state index >= 15 is 0 Å². The number of carbonyl (C=O) groups is 1. The van der Waals surface area contributed by atoms with Crippen molar-refractivity contribution in [2.45, 2.75) is 24.3 Å². The lowest BCUT2D eigenvalue weighted by Crippen LogP contribution is -2.23. The van der Waals surface area contributed by atoms with Crippen molar-refractivity contribution in [2.75, 3.05) is 5.32 Å². The quantitative estimate of drug-likeness (QED) is 0.210. The molecule has 0 saturated carbocycles. The number of nitrogens with one attached hydrogen (secondary N) is 1. The van der Waals surface area contributed by atoms with Gasteiger partial charge in [-0.15, -0.1) is 10.2 Å². The van der Waals surface area contributed by atoms with Crippen LogP contribution in [0.1, 0.15) is 12.5 Å². The molecule has 1 atom stereocenters. The molecule has 2 aromatic heterocycles. The Morgan fingerprint density at radius 2 is 1.88 bits per heavy atom. The molecule has 0 radical (unpaired) electrons. The van der Waals surface area contributed by atoms with Gasteiger partial charge in [0, 0.05) is 30.1 Å². The Morgan fingerprint density at radius 1 is 1.15 bits per heavy atom. The van der Waals surface area contributed by atoms with Crippen molar-refractivity contribution in [1.82, 2.24) is 19.7 Å². The fraction of sp³-hybridized carbons (Fsp3) is 0.130. The number of aromatic nitrogens is 4. The van der Waals surface area contributed by atoms with E-state index in [0.717, 1.165) is 16.8 Å². The number of nitro groups is 1. The largest absolute Gasteiger partial charge is 0.324 e. The molecule has 9 nitrogen and oxygen atoms in total. The third-order valence-electron chi connectivity index (χ3n) is 5.00. The molecule has 0 aliphatic carbocycles. The van der Waals surface area contributed by atoms with Crippen LogP contribution in [0.15, 0.2) is 72.1 Å². The first-order valence-electron chi connectivity index (χ1n) is 10.2. The number of carbonyl (C=O) groups excluding carboxylic acids is 1. The Balaban J connectivity index is 1.65. The van der Waals surface area contributed by atoms with Gasteiger partial charge in [0.15, 0.2) is 11.0 Å². The highest BCUT2D eigenvalue weighted by molar-refractivity contribution is 8.00. The van der Waals surface area contributed by atoms with E-state index in [1.165, 1.54) is 30.0 Å². The SMILES string of the molecule is Cc1ccccc1-n1c(S[C@H](C)C(=O)Nc2cc([N+](=O)[O-])ccc2Cl)nnc1-c1ccncc1. The maximum atomic E-state index is 12.9.